The van der Waals surface area contributed by atoms with Gasteiger partial charge in [-0.15, -0.1) is 0 Å². The molecule has 2 nitrogen and oxygen atoms in total. The van der Waals surface area contributed by atoms with Crippen molar-refractivity contribution in [3.8, 4) is 0 Å². The minimum Gasteiger partial charge on any atom is -0.317 e. The number of rotatable bonds is 4. The van der Waals surface area contributed by atoms with E-state index in [1.807, 2.05) is 12.1 Å². The van der Waals surface area contributed by atoms with Gasteiger partial charge < -0.3 is 10.6 Å². The van der Waals surface area contributed by atoms with Gasteiger partial charge >= 0.3 is 0 Å². The number of nitrogens with one attached hydrogen (secondary N) is 2. The van der Waals surface area contributed by atoms with Crippen LogP contribution in [0.5, 0.6) is 0 Å². The second kappa shape index (κ2) is 10.1. The van der Waals surface area contributed by atoms with E-state index in [4.69, 9.17) is 0 Å². The fourth-order valence-corrected chi connectivity index (χ4v) is 2.34. The Morgan fingerprint density at radius 3 is 1.48 bits per heavy atom. The largest absolute Gasteiger partial charge is 0.317 e. The molecule has 2 heteroatoms. The van der Waals surface area contributed by atoms with Gasteiger partial charge in [-0.3, -0.25) is 0 Å². The first-order valence-corrected chi connectivity index (χ1v) is 7.94. The first-order chi connectivity index (χ1) is 10.4. The summed E-state index contributed by atoms with van der Waals surface area (Å²) in [6.45, 7) is 4.35. The molecule has 0 bridgehead atoms. The first kappa shape index (κ1) is 15.7. The van der Waals surface area contributed by atoms with Crippen LogP contribution < -0.4 is 10.6 Å². The summed E-state index contributed by atoms with van der Waals surface area (Å²) in [5, 5.41) is 6.70. The summed E-state index contributed by atoms with van der Waals surface area (Å²) in [5.41, 5.74) is 2.65. The van der Waals surface area contributed by atoms with Gasteiger partial charge in [0.15, 0.2) is 0 Å². The summed E-state index contributed by atoms with van der Waals surface area (Å²) in [5.74, 6) is 0. The van der Waals surface area contributed by atoms with Crippen LogP contribution in [0.1, 0.15) is 30.4 Å². The van der Waals surface area contributed by atoms with Gasteiger partial charge in [0.25, 0.3) is 0 Å². The topological polar surface area (TPSA) is 24.1 Å². The second-order valence-electron chi connectivity index (χ2n) is 5.39. The molecule has 0 atom stereocenters. The molecule has 0 amide bonds. The van der Waals surface area contributed by atoms with Crippen molar-refractivity contribution in [2.75, 3.05) is 13.1 Å². The standard InChI is InChI=1S/C14H15N.C5H11N/c1-3-7-13(8-4-1)11-15-12-14-9-5-2-6-10-14;1-2-4-6-5-3-1/h1-10,15H,11-12H2;6H,1-5H2. The highest BCUT2D eigenvalue weighted by atomic mass is 14.9. The van der Waals surface area contributed by atoms with E-state index in [1.54, 1.807) is 0 Å². The summed E-state index contributed by atoms with van der Waals surface area (Å²) >= 11 is 0. The molecule has 1 fully saturated rings. The quantitative estimate of drug-likeness (QED) is 0.892. The molecule has 1 heterocycles. The molecule has 1 saturated heterocycles. The first-order valence-electron chi connectivity index (χ1n) is 7.94. The van der Waals surface area contributed by atoms with Crippen LogP contribution in [0.25, 0.3) is 0 Å². The highest BCUT2D eigenvalue weighted by Gasteiger charge is 1.94. The van der Waals surface area contributed by atoms with Crippen LogP contribution >= 0.6 is 0 Å². The second-order valence-corrected chi connectivity index (χ2v) is 5.39. The van der Waals surface area contributed by atoms with Crippen LogP contribution in [0.2, 0.25) is 0 Å². The van der Waals surface area contributed by atoms with Gasteiger partial charge in [0, 0.05) is 13.1 Å². The van der Waals surface area contributed by atoms with Crippen molar-refractivity contribution in [1.29, 1.82) is 0 Å². The number of piperidine rings is 1. The molecule has 1 aliphatic rings. The van der Waals surface area contributed by atoms with Crippen molar-refractivity contribution in [1.82, 2.24) is 10.6 Å². The smallest absolute Gasteiger partial charge is 0.0208 e. The number of hydrogen-bond donors (Lipinski definition) is 2. The molecule has 0 unspecified atom stereocenters. The molecule has 3 rings (SSSR count). The fraction of sp³-hybridized carbons (Fsp3) is 0.368. The van der Waals surface area contributed by atoms with Gasteiger partial charge in [-0.2, -0.15) is 0 Å². The molecule has 2 N–H and O–H groups in total. The van der Waals surface area contributed by atoms with Gasteiger partial charge in [-0.25, -0.2) is 0 Å². The lowest BCUT2D eigenvalue weighted by Crippen LogP contribution is -2.21. The third-order valence-corrected chi connectivity index (χ3v) is 3.55. The zero-order valence-corrected chi connectivity index (χ0v) is 12.7. The summed E-state index contributed by atoms with van der Waals surface area (Å²) in [6.07, 6.45) is 4.22. The molecule has 0 radical (unpaired) electrons. The van der Waals surface area contributed by atoms with Crippen LogP contribution in [0.3, 0.4) is 0 Å². The Morgan fingerprint density at radius 2 is 1.14 bits per heavy atom. The van der Waals surface area contributed by atoms with Gasteiger partial charge in [-0.1, -0.05) is 67.1 Å². The van der Waals surface area contributed by atoms with Gasteiger partial charge in [0.2, 0.25) is 0 Å². The molecule has 0 aliphatic carbocycles. The Labute approximate surface area is 128 Å². The lowest BCUT2D eigenvalue weighted by atomic mass is 10.2. The summed E-state index contributed by atoms with van der Waals surface area (Å²) in [7, 11) is 0. The molecule has 0 spiro atoms. The minimum atomic E-state index is 0.926. The van der Waals surface area contributed by atoms with Crippen LogP contribution in [-0.2, 0) is 13.1 Å². The predicted molar refractivity (Wildman–Crippen MR) is 90.1 cm³/mol. The van der Waals surface area contributed by atoms with Gasteiger partial charge in [0.1, 0.15) is 0 Å². The van der Waals surface area contributed by atoms with E-state index < -0.39 is 0 Å². The molecule has 2 aromatic carbocycles. The monoisotopic (exact) mass is 282 g/mol. The molecule has 112 valence electrons. The Morgan fingerprint density at radius 1 is 0.667 bits per heavy atom. The van der Waals surface area contributed by atoms with Crippen LogP contribution in [0.4, 0.5) is 0 Å². The van der Waals surface area contributed by atoms with E-state index in [2.05, 4.69) is 59.2 Å². The van der Waals surface area contributed by atoms with Crippen LogP contribution in [0.15, 0.2) is 60.7 Å². The summed E-state index contributed by atoms with van der Waals surface area (Å²) < 4.78 is 0. The molecule has 0 aromatic heterocycles. The third-order valence-electron chi connectivity index (χ3n) is 3.55. The lowest BCUT2D eigenvalue weighted by Gasteiger charge is -2.08. The van der Waals surface area contributed by atoms with E-state index in [0.29, 0.717) is 0 Å². The van der Waals surface area contributed by atoms with Gasteiger partial charge in [0.05, 0.1) is 0 Å². The van der Waals surface area contributed by atoms with E-state index in [-0.39, 0.29) is 0 Å². The van der Waals surface area contributed by atoms with Crippen molar-refractivity contribution < 1.29 is 0 Å². The maximum absolute atomic E-state index is 3.42. The SMILES string of the molecule is C1CCNCC1.c1ccc(CNCc2ccccc2)cc1. The predicted octanol–water partition coefficient (Wildman–Crippen LogP) is 3.74. The summed E-state index contributed by atoms with van der Waals surface area (Å²) in [4.78, 5) is 0. The molecule has 21 heavy (non-hydrogen) atoms. The molecule has 0 saturated carbocycles. The Kier molecular flexibility index (Phi) is 7.60. The Bertz CT molecular complexity index is 412. The number of hydrogen-bond acceptors (Lipinski definition) is 2. The van der Waals surface area contributed by atoms with Crippen molar-refractivity contribution in [2.24, 2.45) is 0 Å². The molecule has 1 aliphatic heterocycles. The Hall–Kier alpha value is -1.64. The van der Waals surface area contributed by atoms with E-state index in [9.17, 15) is 0 Å². The molecular weight excluding hydrogens is 256 g/mol. The normalized spacial score (nSPS) is 14.1. The fourth-order valence-electron chi connectivity index (χ4n) is 2.34. The maximum Gasteiger partial charge on any atom is 0.0208 e. The molecular formula is C19H26N2. The van der Waals surface area contributed by atoms with E-state index >= 15 is 0 Å². The maximum atomic E-state index is 3.42. The van der Waals surface area contributed by atoms with Crippen molar-refractivity contribution in [3.63, 3.8) is 0 Å². The average Bonchev–Trinajstić information content (AvgIpc) is 2.59. The lowest BCUT2D eigenvalue weighted by molar-refractivity contribution is 0.520. The Balaban J connectivity index is 0.000000225. The van der Waals surface area contributed by atoms with Crippen LogP contribution in [0, 0.1) is 0 Å². The number of benzene rings is 2. The van der Waals surface area contributed by atoms with Crippen molar-refractivity contribution >= 4 is 0 Å². The minimum absolute atomic E-state index is 0.926. The van der Waals surface area contributed by atoms with E-state index in [0.717, 1.165) is 13.1 Å². The zero-order chi connectivity index (χ0) is 14.6. The van der Waals surface area contributed by atoms with Crippen molar-refractivity contribution in [2.45, 2.75) is 32.4 Å². The van der Waals surface area contributed by atoms with Crippen molar-refractivity contribution in [3.05, 3.63) is 71.8 Å². The van der Waals surface area contributed by atoms with E-state index in [1.165, 1.54) is 43.5 Å². The highest BCUT2D eigenvalue weighted by Crippen LogP contribution is 2.00. The van der Waals surface area contributed by atoms with Gasteiger partial charge in [-0.05, 0) is 37.1 Å². The molecule has 2 aromatic rings. The summed E-state index contributed by atoms with van der Waals surface area (Å²) in [6, 6.07) is 20.9. The third kappa shape index (κ3) is 7.07. The average molecular weight is 282 g/mol. The highest BCUT2D eigenvalue weighted by molar-refractivity contribution is 5.16. The van der Waals surface area contributed by atoms with Crippen LogP contribution in [-0.4, -0.2) is 13.1 Å². The zero-order valence-electron chi connectivity index (χ0n) is 12.7.